The molecule has 0 bridgehead atoms. The van der Waals surface area contributed by atoms with Gasteiger partial charge in [0, 0.05) is 23.5 Å². The van der Waals surface area contributed by atoms with Crippen LogP contribution >= 0.6 is 11.6 Å². The number of likely N-dealkylation sites (tertiary alicyclic amines) is 1. The quantitative estimate of drug-likeness (QED) is 0.790. The molecule has 1 aromatic heterocycles. The molecule has 0 saturated carbocycles. The number of nitrogens with zero attached hydrogens (tertiary/aromatic N) is 2. The average Bonchev–Trinajstić information content (AvgIpc) is 2.74. The van der Waals surface area contributed by atoms with Gasteiger partial charge in [0.1, 0.15) is 0 Å². The first-order valence-corrected chi connectivity index (χ1v) is 7.89. The van der Waals surface area contributed by atoms with Gasteiger partial charge in [-0.2, -0.15) is 0 Å². The molecule has 0 aliphatic carbocycles. The number of aromatic nitrogens is 1. The van der Waals surface area contributed by atoms with Crippen LogP contribution in [0.2, 0.25) is 5.02 Å². The number of halogens is 1. The summed E-state index contributed by atoms with van der Waals surface area (Å²) in [7, 11) is 0. The van der Waals surface area contributed by atoms with E-state index in [-0.39, 0.29) is 5.91 Å². The van der Waals surface area contributed by atoms with Gasteiger partial charge < -0.3 is 4.90 Å². The first kappa shape index (κ1) is 14.3. The highest BCUT2D eigenvalue weighted by molar-refractivity contribution is 6.31. The topological polar surface area (TPSA) is 33.2 Å². The van der Waals surface area contributed by atoms with E-state index >= 15 is 0 Å². The standard InChI is InChI=1S/C17H19ClN2O/c1-12-15(17(21)20-8-4-2-3-5-9-20)10-13-6-7-14(18)11-16(13)19-12/h6-7,10-11H,2-5,8-9H2,1H3. The molecule has 1 amide bonds. The number of rotatable bonds is 1. The molecule has 0 unspecified atom stereocenters. The summed E-state index contributed by atoms with van der Waals surface area (Å²) in [5.74, 6) is 0.110. The number of hydrogen-bond acceptors (Lipinski definition) is 2. The average molecular weight is 303 g/mol. The Balaban J connectivity index is 1.97. The lowest BCUT2D eigenvalue weighted by atomic mass is 10.1. The number of pyridine rings is 1. The summed E-state index contributed by atoms with van der Waals surface area (Å²) in [6.07, 6.45) is 4.64. The van der Waals surface area contributed by atoms with Gasteiger partial charge in [-0.1, -0.05) is 30.5 Å². The van der Waals surface area contributed by atoms with Gasteiger partial charge in [0.05, 0.1) is 16.8 Å². The second-order valence-corrected chi connectivity index (χ2v) is 6.10. The van der Waals surface area contributed by atoms with Gasteiger partial charge in [-0.05, 0) is 38.0 Å². The monoisotopic (exact) mass is 302 g/mol. The van der Waals surface area contributed by atoms with E-state index in [0.29, 0.717) is 10.6 Å². The van der Waals surface area contributed by atoms with Gasteiger partial charge in [0.25, 0.3) is 5.91 Å². The van der Waals surface area contributed by atoms with Crippen LogP contribution in [-0.2, 0) is 0 Å². The summed E-state index contributed by atoms with van der Waals surface area (Å²) in [4.78, 5) is 19.3. The largest absolute Gasteiger partial charge is 0.339 e. The van der Waals surface area contributed by atoms with Crippen LogP contribution in [0.15, 0.2) is 24.3 Å². The van der Waals surface area contributed by atoms with Crippen molar-refractivity contribution >= 4 is 28.4 Å². The highest BCUT2D eigenvalue weighted by Gasteiger charge is 2.20. The van der Waals surface area contributed by atoms with E-state index in [4.69, 9.17) is 11.6 Å². The van der Waals surface area contributed by atoms with E-state index in [1.807, 2.05) is 36.1 Å². The summed E-state index contributed by atoms with van der Waals surface area (Å²) in [5, 5.41) is 1.63. The van der Waals surface area contributed by atoms with Crippen LogP contribution in [0.4, 0.5) is 0 Å². The molecule has 110 valence electrons. The van der Waals surface area contributed by atoms with Crippen LogP contribution in [0.5, 0.6) is 0 Å². The third-order valence-corrected chi connectivity index (χ3v) is 4.33. The molecule has 4 heteroatoms. The Morgan fingerprint density at radius 3 is 2.57 bits per heavy atom. The molecule has 2 heterocycles. The Morgan fingerprint density at radius 2 is 1.86 bits per heavy atom. The molecule has 21 heavy (non-hydrogen) atoms. The molecule has 1 saturated heterocycles. The molecule has 1 fully saturated rings. The lowest BCUT2D eigenvalue weighted by molar-refractivity contribution is 0.0760. The predicted octanol–water partition coefficient (Wildman–Crippen LogP) is 4.21. The fraction of sp³-hybridized carbons (Fsp3) is 0.412. The molecule has 3 rings (SSSR count). The van der Waals surface area contributed by atoms with Crippen molar-refractivity contribution in [2.75, 3.05) is 13.1 Å². The molecule has 0 N–H and O–H groups in total. The molecule has 1 aliphatic rings. The molecule has 0 atom stereocenters. The molecule has 1 aromatic carbocycles. The van der Waals surface area contributed by atoms with Crippen molar-refractivity contribution in [3.8, 4) is 0 Å². The minimum Gasteiger partial charge on any atom is -0.339 e. The maximum Gasteiger partial charge on any atom is 0.255 e. The second kappa shape index (κ2) is 6.02. The summed E-state index contributed by atoms with van der Waals surface area (Å²) in [6.45, 7) is 3.61. The zero-order chi connectivity index (χ0) is 14.8. The Hall–Kier alpha value is -1.61. The fourth-order valence-electron chi connectivity index (χ4n) is 2.90. The highest BCUT2D eigenvalue weighted by atomic mass is 35.5. The van der Waals surface area contributed by atoms with Crippen molar-refractivity contribution in [2.45, 2.75) is 32.6 Å². The minimum absolute atomic E-state index is 0.110. The number of amides is 1. The first-order chi connectivity index (χ1) is 10.1. The van der Waals surface area contributed by atoms with Gasteiger partial charge in [-0.15, -0.1) is 0 Å². The SMILES string of the molecule is Cc1nc2cc(Cl)ccc2cc1C(=O)N1CCCCCC1. The molecule has 3 nitrogen and oxygen atoms in total. The Labute approximate surface area is 129 Å². The Kier molecular flexibility index (Phi) is 4.11. The van der Waals surface area contributed by atoms with Crippen molar-refractivity contribution < 1.29 is 4.79 Å². The predicted molar refractivity (Wildman–Crippen MR) is 85.9 cm³/mol. The zero-order valence-electron chi connectivity index (χ0n) is 12.2. The van der Waals surface area contributed by atoms with Crippen molar-refractivity contribution in [2.24, 2.45) is 0 Å². The van der Waals surface area contributed by atoms with Gasteiger partial charge in [-0.25, -0.2) is 0 Å². The van der Waals surface area contributed by atoms with Crippen LogP contribution in [0, 0.1) is 6.92 Å². The van der Waals surface area contributed by atoms with Gasteiger partial charge in [0.2, 0.25) is 0 Å². The van der Waals surface area contributed by atoms with Crippen LogP contribution in [0.25, 0.3) is 10.9 Å². The van der Waals surface area contributed by atoms with Crippen LogP contribution in [0.3, 0.4) is 0 Å². The number of aryl methyl sites for hydroxylation is 1. The molecule has 2 aromatic rings. The third-order valence-electron chi connectivity index (χ3n) is 4.09. The normalized spacial score (nSPS) is 16.0. The van der Waals surface area contributed by atoms with Crippen molar-refractivity contribution in [3.05, 3.63) is 40.5 Å². The van der Waals surface area contributed by atoms with Crippen molar-refractivity contribution in [3.63, 3.8) is 0 Å². The van der Waals surface area contributed by atoms with E-state index in [1.54, 1.807) is 0 Å². The molecular formula is C17H19ClN2O. The Bertz CT molecular complexity index is 676. The maximum absolute atomic E-state index is 12.7. The Morgan fingerprint density at radius 1 is 1.14 bits per heavy atom. The maximum atomic E-state index is 12.7. The van der Waals surface area contributed by atoms with Crippen LogP contribution in [-0.4, -0.2) is 28.9 Å². The third kappa shape index (κ3) is 3.03. The van der Waals surface area contributed by atoms with Crippen LogP contribution in [0.1, 0.15) is 41.7 Å². The smallest absolute Gasteiger partial charge is 0.255 e. The molecule has 0 spiro atoms. The molecule has 1 aliphatic heterocycles. The van der Waals surface area contributed by atoms with Crippen molar-refractivity contribution in [1.29, 1.82) is 0 Å². The highest BCUT2D eigenvalue weighted by Crippen LogP contribution is 2.22. The number of benzene rings is 1. The first-order valence-electron chi connectivity index (χ1n) is 7.51. The second-order valence-electron chi connectivity index (χ2n) is 5.66. The number of carbonyl (C=O) groups is 1. The lowest BCUT2D eigenvalue weighted by Crippen LogP contribution is -2.32. The number of carbonyl (C=O) groups excluding carboxylic acids is 1. The van der Waals surface area contributed by atoms with Gasteiger partial charge in [0.15, 0.2) is 0 Å². The van der Waals surface area contributed by atoms with Gasteiger partial charge in [-0.3, -0.25) is 9.78 Å². The summed E-state index contributed by atoms with van der Waals surface area (Å²) in [5.41, 5.74) is 2.33. The van der Waals surface area contributed by atoms with E-state index in [0.717, 1.165) is 42.5 Å². The van der Waals surface area contributed by atoms with E-state index in [1.165, 1.54) is 12.8 Å². The van der Waals surface area contributed by atoms with E-state index in [9.17, 15) is 4.79 Å². The minimum atomic E-state index is 0.110. The van der Waals surface area contributed by atoms with E-state index in [2.05, 4.69) is 4.98 Å². The molecular weight excluding hydrogens is 284 g/mol. The molecule has 0 radical (unpaired) electrons. The summed E-state index contributed by atoms with van der Waals surface area (Å²) >= 11 is 6.00. The van der Waals surface area contributed by atoms with Gasteiger partial charge >= 0.3 is 0 Å². The summed E-state index contributed by atoms with van der Waals surface area (Å²) < 4.78 is 0. The number of hydrogen-bond donors (Lipinski definition) is 0. The number of fused-ring (bicyclic) bond motifs is 1. The van der Waals surface area contributed by atoms with E-state index < -0.39 is 0 Å². The fourth-order valence-corrected chi connectivity index (χ4v) is 3.06. The lowest BCUT2D eigenvalue weighted by Gasteiger charge is -2.21. The van der Waals surface area contributed by atoms with Crippen molar-refractivity contribution in [1.82, 2.24) is 9.88 Å². The summed E-state index contributed by atoms with van der Waals surface area (Å²) in [6, 6.07) is 7.54. The zero-order valence-corrected chi connectivity index (χ0v) is 13.0. The van der Waals surface area contributed by atoms with Crippen LogP contribution < -0.4 is 0 Å².